The number of carbonyl (C=O) groups is 2. The van der Waals surface area contributed by atoms with Gasteiger partial charge >= 0.3 is 5.97 Å². The van der Waals surface area contributed by atoms with Gasteiger partial charge in [-0.1, -0.05) is 19.1 Å². The first kappa shape index (κ1) is 24.6. The number of aryl methyl sites for hydroxylation is 1. The lowest BCUT2D eigenvalue weighted by atomic mass is 9.73. The van der Waals surface area contributed by atoms with E-state index in [0.717, 1.165) is 44.0 Å². The lowest BCUT2D eigenvalue weighted by molar-refractivity contribution is -0.138. The fourth-order valence-electron chi connectivity index (χ4n) is 4.75. The second kappa shape index (κ2) is 10.8. The monoisotopic (exact) mass is 497 g/mol. The number of rotatable bonds is 8. The molecule has 1 aromatic heterocycles. The van der Waals surface area contributed by atoms with Gasteiger partial charge in [-0.05, 0) is 61.8 Å². The summed E-state index contributed by atoms with van der Waals surface area (Å²) >= 11 is 3.37. The fourth-order valence-corrected chi connectivity index (χ4v) is 6.24. The second-order valence-electron chi connectivity index (χ2n) is 8.58. The molecule has 4 rings (SSSR count). The molecule has 0 saturated carbocycles. The van der Waals surface area contributed by atoms with Crippen LogP contribution in [0.25, 0.3) is 0 Å². The van der Waals surface area contributed by atoms with Gasteiger partial charge in [0, 0.05) is 38.9 Å². The van der Waals surface area contributed by atoms with Crippen LogP contribution in [0.3, 0.4) is 0 Å². The van der Waals surface area contributed by atoms with Crippen LogP contribution >= 0.6 is 23.1 Å². The van der Waals surface area contributed by atoms with Crippen molar-refractivity contribution in [1.82, 2.24) is 5.32 Å². The van der Waals surface area contributed by atoms with Crippen LogP contribution in [-0.2, 0) is 14.3 Å². The minimum absolute atomic E-state index is 0.0620. The molecule has 0 spiro atoms. The van der Waals surface area contributed by atoms with Crippen LogP contribution in [-0.4, -0.2) is 37.0 Å². The maximum absolute atomic E-state index is 13.6. The maximum Gasteiger partial charge on any atom is 0.336 e. The summed E-state index contributed by atoms with van der Waals surface area (Å²) in [5, 5.41) is 3.42. The third kappa shape index (κ3) is 5.10. The van der Waals surface area contributed by atoms with Crippen LogP contribution in [0, 0.1) is 6.92 Å². The molecule has 0 radical (unpaired) electrons. The van der Waals surface area contributed by atoms with Gasteiger partial charge in [0.2, 0.25) is 0 Å². The standard InChI is InChI=1S/C27H31NO4S2/c1-5-33-12-11-32-27(30)24-17(3)28-21-14-19(18-7-6-8-20(13-18)31-4)15-22(29)25(21)26(24)23-10-9-16(2)34-23/h6-10,13,19,26,28H,5,11-12,14-15H2,1-4H3/t19-,26-/m0/s1. The number of thioether (sulfide) groups is 1. The summed E-state index contributed by atoms with van der Waals surface area (Å²) in [4.78, 5) is 29.0. The molecular weight excluding hydrogens is 466 g/mol. The molecule has 1 aliphatic heterocycles. The molecule has 1 N–H and O–H groups in total. The number of hydrogen-bond donors (Lipinski definition) is 1. The van der Waals surface area contributed by atoms with Crippen molar-refractivity contribution in [1.29, 1.82) is 0 Å². The van der Waals surface area contributed by atoms with Crippen molar-refractivity contribution in [3.63, 3.8) is 0 Å². The van der Waals surface area contributed by atoms with Crippen LogP contribution < -0.4 is 10.1 Å². The SMILES string of the molecule is CCSCCOC(=O)C1=C(C)NC2=C(C(=O)C[C@@H](c3cccc(OC)c3)C2)[C@H]1c1ccc(C)s1. The van der Waals surface area contributed by atoms with E-state index in [9.17, 15) is 9.59 Å². The molecule has 180 valence electrons. The second-order valence-corrected chi connectivity index (χ2v) is 11.3. The Balaban J connectivity index is 1.68. The van der Waals surface area contributed by atoms with E-state index in [0.29, 0.717) is 30.6 Å². The number of ketones is 1. The van der Waals surface area contributed by atoms with Crippen LogP contribution in [0.4, 0.5) is 0 Å². The van der Waals surface area contributed by atoms with Crippen LogP contribution in [0.15, 0.2) is 58.9 Å². The summed E-state index contributed by atoms with van der Waals surface area (Å²) in [6.45, 7) is 6.40. The van der Waals surface area contributed by atoms with Crippen molar-refractivity contribution < 1.29 is 19.1 Å². The molecule has 0 saturated heterocycles. The number of Topliss-reactive ketones (excluding diaryl/α,β-unsaturated/α-hetero) is 1. The lowest BCUT2D eigenvalue weighted by Crippen LogP contribution is -2.36. The zero-order valence-electron chi connectivity index (χ0n) is 20.1. The van der Waals surface area contributed by atoms with Crippen molar-refractivity contribution in [2.45, 2.75) is 45.4 Å². The molecule has 2 aromatic rings. The summed E-state index contributed by atoms with van der Waals surface area (Å²) in [7, 11) is 1.65. The van der Waals surface area contributed by atoms with Crippen molar-refractivity contribution in [3.05, 3.63) is 74.3 Å². The first-order valence-electron chi connectivity index (χ1n) is 11.6. The molecule has 5 nitrogen and oxygen atoms in total. The zero-order valence-corrected chi connectivity index (χ0v) is 21.7. The van der Waals surface area contributed by atoms with Gasteiger partial charge in [-0.3, -0.25) is 4.79 Å². The average molecular weight is 498 g/mol. The highest BCUT2D eigenvalue weighted by molar-refractivity contribution is 7.99. The van der Waals surface area contributed by atoms with Crippen LogP contribution in [0.5, 0.6) is 5.75 Å². The number of thiophene rings is 1. The van der Waals surface area contributed by atoms with Gasteiger partial charge in [0.05, 0.1) is 18.6 Å². The molecule has 1 aromatic carbocycles. The quantitative estimate of drug-likeness (QED) is 0.372. The smallest absolute Gasteiger partial charge is 0.336 e. The molecule has 0 bridgehead atoms. The van der Waals surface area contributed by atoms with E-state index in [2.05, 4.69) is 18.3 Å². The molecule has 1 aliphatic carbocycles. The van der Waals surface area contributed by atoms with Gasteiger partial charge in [-0.25, -0.2) is 4.79 Å². The predicted octanol–water partition coefficient (Wildman–Crippen LogP) is 5.72. The topological polar surface area (TPSA) is 64.6 Å². The van der Waals surface area contributed by atoms with E-state index >= 15 is 0 Å². The summed E-state index contributed by atoms with van der Waals surface area (Å²) in [6.07, 6.45) is 1.12. The number of benzene rings is 1. The Morgan fingerprint density at radius 2 is 2.03 bits per heavy atom. The highest BCUT2D eigenvalue weighted by Gasteiger charge is 2.42. The summed E-state index contributed by atoms with van der Waals surface area (Å²) < 4.78 is 11.0. The van der Waals surface area contributed by atoms with Crippen molar-refractivity contribution >= 4 is 34.9 Å². The summed E-state index contributed by atoms with van der Waals surface area (Å²) in [6, 6.07) is 12.0. The van der Waals surface area contributed by atoms with Crippen LogP contribution in [0.1, 0.15) is 53.8 Å². The van der Waals surface area contributed by atoms with Gasteiger partial charge in [-0.15, -0.1) is 11.3 Å². The summed E-state index contributed by atoms with van der Waals surface area (Å²) in [5.41, 5.74) is 4.03. The number of nitrogens with one attached hydrogen (secondary N) is 1. The van der Waals surface area contributed by atoms with Crippen LogP contribution in [0.2, 0.25) is 0 Å². The highest BCUT2D eigenvalue weighted by atomic mass is 32.2. The maximum atomic E-state index is 13.6. The Morgan fingerprint density at radius 3 is 2.74 bits per heavy atom. The molecule has 0 amide bonds. The fraction of sp³-hybridized carbons (Fsp3) is 0.407. The van der Waals surface area contributed by atoms with E-state index < -0.39 is 0 Å². The van der Waals surface area contributed by atoms with E-state index in [-0.39, 0.29) is 23.6 Å². The van der Waals surface area contributed by atoms with Crippen molar-refractivity contribution in [2.24, 2.45) is 0 Å². The molecule has 7 heteroatoms. The molecular formula is C27H31NO4S2. The third-order valence-electron chi connectivity index (χ3n) is 6.32. The minimum atomic E-state index is -0.389. The molecule has 34 heavy (non-hydrogen) atoms. The number of methoxy groups -OCH3 is 1. The normalized spacial score (nSPS) is 20.2. The zero-order chi connectivity index (χ0) is 24.2. The van der Waals surface area contributed by atoms with Gasteiger partial charge in [0.15, 0.2) is 5.78 Å². The van der Waals surface area contributed by atoms with Crippen molar-refractivity contribution in [3.8, 4) is 5.75 Å². The largest absolute Gasteiger partial charge is 0.497 e. The molecule has 0 unspecified atom stereocenters. The van der Waals surface area contributed by atoms with Crippen molar-refractivity contribution in [2.75, 3.05) is 25.2 Å². The number of allylic oxidation sites excluding steroid dienone is 3. The Kier molecular flexibility index (Phi) is 7.84. The number of esters is 1. The molecule has 0 fully saturated rings. The third-order valence-corrected chi connectivity index (χ3v) is 8.25. The molecule has 2 atom stereocenters. The molecule has 2 aliphatic rings. The highest BCUT2D eigenvalue weighted by Crippen LogP contribution is 2.47. The van der Waals surface area contributed by atoms with Gasteiger partial charge in [0.25, 0.3) is 0 Å². The van der Waals surface area contributed by atoms with Gasteiger partial charge < -0.3 is 14.8 Å². The first-order valence-corrected chi connectivity index (χ1v) is 13.6. The van der Waals surface area contributed by atoms with E-state index in [4.69, 9.17) is 9.47 Å². The van der Waals surface area contributed by atoms with E-state index in [1.807, 2.05) is 44.2 Å². The number of ether oxygens (including phenoxy) is 2. The Bertz CT molecular complexity index is 1150. The number of carbonyl (C=O) groups excluding carboxylic acids is 2. The van der Waals surface area contributed by atoms with E-state index in [1.54, 1.807) is 30.2 Å². The average Bonchev–Trinajstić information content (AvgIpc) is 3.26. The van der Waals surface area contributed by atoms with Gasteiger partial charge in [0.1, 0.15) is 12.4 Å². The number of dihydropyridines is 1. The Hall–Kier alpha value is -2.51. The Morgan fingerprint density at radius 1 is 1.21 bits per heavy atom. The predicted molar refractivity (Wildman–Crippen MR) is 139 cm³/mol. The van der Waals surface area contributed by atoms with E-state index in [1.165, 1.54) is 0 Å². The Labute approximate surface area is 209 Å². The molecule has 2 heterocycles. The minimum Gasteiger partial charge on any atom is -0.497 e. The lowest BCUT2D eigenvalue weighted by Gasteiger charge is -2.36. The number of hydrogen-bond acceptors (Lipinski definition) is 7. The summed E-state index contributed by atoms with van der Waals surface area (Å²) in [5.74, 6) is 1.95. The van der Waals surface area contributed by atoms with Gasteiger partial charge in [-0.2, -0.15) is 11.8 Å². The first-order chi connectivity index (χ1) is 16.4.